The Kier molecular flexibility index (Phi) is 7.63. The van der Waals surface area contributed by atoms with Crippen molar-refractivity contribution in [2.75, 3.05) is 0 Å². The van der Waals surface area contributed by atoms with Crippen molar-refractivity contribution in [2.45, 2.75) is 66.2 Å². The van der Waals surface area contributed by atoms with Crippen molar-refractivity contribution in [1.82, 2.24) is 0 Å². The van der Waals surface area contributed by atoms with Crippen molar-refractivity contribution in [2.24, 2.45) is 17.8 Å². The van der Waals surface area contributed by atoms with Crippen LogP contribution in [0.2, 0.25) is 0 Å². The van der Waals surface area contributed by atoms with Gasteiger partial charge in [0, 0.05) is 18.8 Å². The van der Waals surface area contributed by atoms with E-state index >= 15 is 0 Å². The average molecular weight is 290 g/mol. The molecule has 1 aliphatic carbocycles. The van der Waals surface area contributed by atoms with Gasteiger partial charge in [0.25, 0.3) is 0 Å². The summed E-state index contributed by atoms with van der Waals surface area (Å²) in [5, 5.41) is 0. The average Bonchev–Trinajstić information content (AvgIpc) is 2.37. The van der Waals surface area contributed by atoms with E-state index in [2.05, 4.69) is 33.8 Å². The summed E-state index contributed by atoms with van der Waals surface area (Å²) >= 11 is 0. The van der Waals surface area contributed by atoms with Gasteiger partial charge >= 0.3 is 0 Å². The predicted molar refractivity (Wildman–Crippen MR) is 88.1 cm³/mol. The summed E-state index contributed by atoms with van der Waals surface area (Å²) < 4.78 is 0. The molecule has 0 unspecified atom stereocenters. The molecule has 21 heavy (non-hydrogen) atoms. The molecule has 0 heterocycles. The van der Waals surface area contributed by atoms with Crippen molar-refractivity contribution in [3.63, 3.8) is 0 Å². The normalized spacial score (nSPS) is 30.6. The highest BCUT2D eigenvalue weighted by atomic mass is 16.1. The molecule has 0 saturated heterocycles. The van der Waals surface area contributed by atoms with Crippen LogP contribution in [-0.4, -0.2) is 11.6 Å². The Balaban J connectivity index is 2.81. The van der Waals surface area contributed by atoms with E-state index in [1.165, 1.54) is 5.57 Å². The molecule has 0 fully saturated rings. The Morgan fingerprint density at radius 1 is 1.19 bits per heavy atom. The zero-order chi connectivity index (χ0) is 15.8. The Labute approximate surface area is 129 Å². The predicted octanol–water partition coefficient (Wildman–Crippen LogP) is 4.89. The molecule has 0 aromatic rings. The summed E-state index contributed by atoms with van der Waals surface area (Å²) in [6.45, 7) is 8.49. The molecule has 2 nitrogen and oxygen atoms in total. The number of ketones is 2. The minimum atomic E-state index is 0.0709. The third kappa shape index (κ3) is 6.88. The Morgan fingerprint density at radius 3 is 2.57 bits per heavy atom. The van der Waals surface area contributed by atoms with Gasteiger partial charge < -0.3 is 0 Å². The fourth-order valence-electron chi connectivity index (χ4n) is 2.91. The lowest BCUT2D eigenvalue weighted by molar-refractivity contribution is -0.119. The van der Waals surface area contributed by atoms with E-state index in [1.54, 1.807) is 12.2 Å². The van der Waals surface area contributed by atoms with Gasteiger partial charge in [-0.3, -0.25) is 9.59 Å². The van der Waals surface area contributed by atoms with Gasteiger partial charge in [0.1, 0.15) is 5.78 Å². The lowest BCUT2D eigenvalue weighted by atomic mass is 9.85. The second-order valence-corrected chi connectivity index (χ2v) is 6.87. The third-order valence-corrected chi connectivity index (χ3v) is 4.38. The van der Waals surface area contributed by atoms with Crippen molar-refractivity contribution < 1.29 is 9.59 Å². The molecule has 118 valence electrons. The van der Waals surface area contributed by atoms with Crippen molar-refractivity contribution >= 4 is 11.6 Å². The highest BCUT2D eigenvalue weighted by Crippen LogP contribution is 2.23. The minimum absolute atomic E-state index is 0.0709. The molecule has 0 aliphatic heterocycles. The van der Waals surface area contributed by atoms with Gasteiger partial charge in [-0.1, -0.05) is 38.5 Å². The zero-order valence-corrected chi connectivity index (χ0v) is 14.0. The summed E-state index contributed by atoms with van der Waals surface area (Å²) in [4.78, 5) is 24.2. The fraction of sp³-hybridized carbons (Fsp3) is 0.684. The van der Waals surface area contributed by atoms with Crippen molar-refractivity contribution in [1.29, 1.82) is 0 Å². The van der Waals surface area contributed by atoms with E-state index in [0.717, 1.165) is 25.7 Å². The maximum absolute atomic E-state index is 12.3. The summed E-state index contributed by atoms with van der Waals surface area (Å²) in [7, 11) is 0. The highest BCUT2D eigenvalue weighted by molar-refractivity contribution is 5.92. The summed E-state index contributed by atoms with van der Waals surface area (Å²) in [6, 6.07) is 0. The lowest BCUT2D eigenvalue weighted by Crippen LogP contribution is -2.18. The SMILES string of the molecule is C/C1=C\CC[C@H](C)CC(=O)C/C=C/C(=O)[C@H](C(C)C)CC1. The van der Waals surface area contributed by atoms with Gasteiger partial charge in [-0.05, 0) is 50.5 Å². The first-order valence-electron chi connectivity index (χ1n) is 8.27. The molecule has 0 amide bonds. The molecule has 0 spiro atoms. The van der Waals surface area contributed by atoms with Gasteiger partial charge in [-0.15, -0.1) is 0 Å². The maximum atomic E-state index is 12.3. The molecule has 0 N–H and O–H groups in total. The first-order chi connectivity index (χ1) is 9.90. The van der Waals surface area contributed by atoms with Crippen LogP contribution >= 0.6 is 0 Å². The number of rotatable bonds is 1. The lowest BCUT2D eigenvalue weighted by Gasteiger charge is -2.18. The molecule has 0 radical (unpaired) electrons. The number of hydrogen-bond donors (Lipinski definition) is 0. The van der Waals surface area contributed by atoms with Crippen LogP contribution in [0.3, 0.4) is 0 Å². The van der Waals surface area contributed by atoms with E-state index in [0.29, 0.717) is 24.7 Å². The third-order valence-electron chi connectivity index (χ3n) is 4.38. The second kappa shape index (κ2) is 8.96. The van der Waals surface area contributed by atoms with Gasteiger partial charge in [-0.25, -0.2) is 0 Å². The second-order valence-electron chi connectivity index (χ2n) is 6.87. The van der Waals surface area contributed by atoms with Gasteiger partial charge in [0.2, 0.25) is 0 Å². The molecule has 0 saturated carbocycles. The van der Waals surface area contributed by atoms with E-state index in [-0.39, 0.29) is 17.5 Å². The van der Waals surface area contributed by atoms with Crippen LogP contribution in [0.25, 0.3) is 0 Å². The van der Waals surface area contributed by atoms with Crippen LogP contribution in [0, 0.1) is 17.8 Å². The summed E-state index contributed by atoms with van der Waals surface area (Å²) in [5.74, 6) is 1.26. The van der Waals surface area contributed by atoms with E-state index < -0.39 is 0 Å². The van der Waals surface area contributed by atoms with E-state index in [9.17, 15) is 9.59 Å². The molecule has 0 aromatic carbocycles. The molecule has 0 aromatic heterocycles. The van der Waals surface area contributed by atoms with Crippen LogP contribution in [0.1, 0.15) is 66.2 Å². The van der Waals surface area contributed by atoms with Gasteiger partial charge in [-0.2, -0.15) is 0 Å². The van der Waals surface area contributed by atoms with Crippen LogP contribution in [-0.2, 0) is 9.59 Å². The summed E-state index contributed by atoms with van der Waals surface area (Å²) in [5.41, 5.74) is 1.37. The van der Waals surface area contributed by atoms with Crippen molar-refractivity contribution in [3.05, 3.63) is 23.8 Å². The molecule has 0 bridgehead atoms. The smallest absolute Gasteiger partial charge is 0.158 e. The van der Waals surface area contributed by atoms with Gasteiger partial charge in [0.15, 0.2) is 5.78 Å². The first kappa shape index (κ1) is 17.9. The van der Waals surface area contributed by atoms with Gasteiger partial charge in [0.05, 0.1) is 0 Å². The van der Waals surface area contributed by atoms with E-state index in [4.69, 9.17) is 0 Å². The van der Waals surface area contributed by atoms with Crippen LogP contribution in [0.5, 0.6) is 0 Å². The summed E-state index contributed by atoms with van der Waals surface area (Å²) in [6.07, 6.45) is 10.7. The standard InChI is InChI=1S/C19H30O2/c1-14(2)18-12-11-15(3)7-5-8-16(4)13-17(20)9-6-10-19(18)21/h6-7,10,14,16,18H,5,8-9,11-13H2,1-4H3/b10-6+,15-7+/t16-,18-/m0/s1. The topological polar surface area (TPSA) is 34.1 Å². The molecule has 2 heteroatoms. The number of allylic oxidation sites excluding steroid dienone is 4. The van der Waals surface area contributed by atoms with Crippen LogP contribution in [0.4, 0.5) is 0 Å². The minimum Gasteiger partial charge on any atom is -0.299 e. The Morgan fingerprint density at radius 2 is 1.90 bits per heavy atom. The van der Waals surface area contributed by atoms with Crippen LogP contribution < -0.4 is 0 Å². The molecule has 2 atom stereocenters. The molecule has 1 aliphatic rings. The molecular weight excluding hydrogens is 260 g/mol. The van der Waals surface area contributed by atoms with Crippen molar-refractivity contribution in [3.8, 4) is 0 Å². The molecule has 1 rings (SSSR count). The van der Waals surface area contributed by atoms with E-state index in [1.807, 2.05) is 0 Å². The number of Topliss-reactive ketones (excluding diaryl/α,β-unsaturated/α-hetero) is 1. The zero-order valence-electron chi connectivity index (χ0n) is 14.0. The Hall–Kier alpha value is -1.18. The first-order valence-corrected chi connectivity index (χ1v) is 8.27. The van der Waals surface area contributed by atoms with Crippen LogP contribution in [0.15, 0.2) is 23.8 Å². The fourth-order valence-corrected chi connectivity index (χ4v) is 2.91. The monoisotopic (exact) mass is 290 g/mol. The molecular formula is C19H30O2. The largest absolute Gasteiger partial charge is 0.299 e. The highest BCUT2D eigenvalue weighted by Gasteiger charge is 2.20. The number of hydrogen-bond acceptors (Lipinski definition) is 2. The number of carbonyl (C=O) groups is 2. The quantitative estimate of drug-likeness (QED) is 0.644. The Bertz CT molecular complexity index is 415. The number of carbonyl (C=O) groups excluding carboxylic acids is 2. The maximum Gasteiger partial charge on any atom is 0.158 e.